The fourth-order valence-electron chi connectivity index (χ4n) is 4.61. The summed E-state index contributed by atoms with van der Waals surface area (Å²) in [4.78, 5) is 59.4. The molecule has 1 aromatic carbocycles. The average Bonchev–Trinajstić information content (AvgIpc) is 3.61. The Hall–Kier alpha value is -3.97. The molecule has 1 fully saturated rings. The summed E-state index contributed by atoms with van der Waals surface area (Å²) in [7, 11) is 0. The van der Waals surface area contributed by atoms with Crippen LogP contribution in [0.1, 0.15) is 43.4 Å². The van der Waals surface area contributed by atoms with Crippen molar-refractivity contribution in [2.24, 2.45) is 11.5 Å². The van der Waals surface area contributed by atoms with E-state index in [4.69, 9.17) is 11.5 Å². The second kappa shape index (κ2) is 14.3. The third-order valence-electron chi connectivity index (χ3n) is 6.72. The maximum absolute atomic E-state index is 13.3. The third kappa shape index (κ3) is 8.52. The molecule has 1 aliphatic heterocycles. The van der Waals surface area contributed by atoms with Crippen LogP contribution in [0.5, 0.6) is 5.75 Å². The molecule has 13 nitrogen and oxygen atoms in total. The third-order valence-corrected chi connectivity index (χ3v) is 6.72. The monoisotopic (exact) mass is 543 g/mol. The van der Waals surface area contributed by atoms with Crippen molar-refractivity contribution in [3.63, 3.8) is 0 Å². The normalized spacial score (nSPS) is 17.3. The number of phenolic OH excluding ortho intramolecular Hbond substituents is 1. The van der Waals surface area contributed by atoms with Crippen LogP contribution >= 0.6 is 0 Å². The molecule has 0 radical (unpaired) electrons. The number of aliphatic carboxylic acids is 1. The molecule has 0 aliphatic carbocycles. The number of aromatic nitrogens is 2. The number of likely N-dealkylation sites (tertiary alicyclic amines) is 1. The van der Waals surface area contributed by atoms with Crippen LogP contribution in [0.25, 0.3) is 0 Å². The molecule has 1 aliphatic rings. The van der Waals surface area contributed by atoms with E-state index in [2.05, 4.69) is 20.6 Å². The van der Waals surface area contributed by atoms with Gasteiger partial charge in [-0.05, 0) is 62.8 Å². The standard InChI is InChI=1S/C26H37N7O6/c27-10-2-1-4-20(23(35)32-21(26(38)39)13-17-14-29-15-30-17)31-24(36)22-5-3-11-33(22)25(37)19(28)12-16-6-8-18(34)9-7-16/h6-9,14-15,19-22,34H,1-5,10-13,27-28H2,(H,29,30)(H,31,36)(H,32,35)(H,38,39). The predicted octanol–water partition coefficient (Wildman–Crippen LogP) is -0.598. The number of aromatic hydroxyl groups is 1. The highest BCUT2D eigenvalue weighted by Gasteiger charge is 2.38. The number of nitrogens with zero attached hydrogens (tertiary/aromatic N) is 2. The number of imidazole rings is 1. The summed E-state index contributed by atoms with van der Waals surface area (Å²) in [6.07, 6.45) is 5.55. The molecule has 2 heterocycles. The van der Waals surface area contributed by atoms with E-state index >= 15 is 0 Å². The van der Waals surface area contributed by atoms with Gasteiger partial charge < -0.3 is 42.2 Å². The number of aromatic amines is 1. The van der Waals surface area contributed by atoms with Gasteiger partial charge in [0.1, 0.15) is 23.9 Å². The van der Waals surface area contributed by atoms with Crippen molar-refractivity contribution < 1.29 is 29.4 Å². The number of carboxylic acids is 1. The lowest BCUT2D eigenvalue weighted by atomic mass is 10.0. The Morgan fingerprint density at radius 1 is 1.10 bits per heavy atom. The Morgan fingerprint density at radius 2 is 1.85 bits per heavy atom. The van der Waals surface area contributed by atoms with E-state index in [1.807, 2.05) is 0 Å². The number of amides is 3. The molecule has 4 atom stereocenters. The SMILES string of the molecule is NCCCCC(NC(=O)C1CCCN1C(=O)C(N)Cc1ccc(O)cc1)C(=O)NC(Cc1cnc[nH]1)C(=O)O. The molecule has 4 unspecified atom stereocenters. The van der Waals surface area contributed by atoms with Crippen LogP contribution in [-0.4, -0.2) is 86.0 Å². The Labute approximate surface area is 226 Å². The lowest BCUT2D eigenvalue weighted by Crippen LogP contribution is -2.57. The minimum Gasteiger partial charge on any atom is -0.508 e. The van der Waals surface area contributed by atoms with Crippen LogP contribution < -0.4 is 22.1 Å². The minimum atomic E-state index is -1.23. The first-order valence-electron chi connectivity index (χ1n) is 13.0. The van der Waals surface area contributed by atoms with E-state index in [1.54, 1.807) is 12.1 Å². The highest BCUT2D eigenvalue weighted by atomic mass is 16.4. The van der Waals surface area contributed by atoms with Gasteiger partial charge in [0, 0.05) is 24.9 Å². The number of rotatable bonds is 14. The molecule has 39 heavy (non-hydrogen) atoms. The van der Waals surface area contributed by atoms with Gasteiger partial charge >= 0.3 is 5.97 Å². The number of phenols is 1. The van der Waals surface area contributed by atoms with Crippen molar-refractivity contribution in [2.45, 2.75) is 69.1 Å². The maximum Gasteiger partial charge on any atom is 0.326 e. The molecule has 1 saturated heterocycles. The number of carbonyl (C=O) groups is 4. The number of nitrogens with two attached hydrogens (primary N) is 2. The van der Waals surface area contributed by atoms with Crippen LogP contribution in [0, 0.1) is 0 Å². The van der Waals surface area contributed by atoms with Gasteiger partial charge in [-0.25, -0.2) is 9.78 Å². The zero-order valence-corrected chi connectivity index (χ0v) is 21.7. The topological polar surface area (TPSA) is 217 Å². The van der Waals surface area contributed by atoms with Crippen LogP contribution in [-0.2, 0) is 32.0 Å². The number of nitrogens with one attached hydrogen (secondary N) is 3. The van der Waals surface area contributed by atoms with Gasteiger partial charge in [0.2, 0.25) is 17.7 Å². The summed E-state index contributed by atoms with van der Waals surface area (Å²) in [5.74, 6) is -2.62. The van der Waals surface area contributed by atoms with Gasteiger partial charge in [-0.2, -0.15) is 0 Å². The molecule has 212 valence electrons. The summed E-state index contributed by atoms with van der Waals surface area (Å²) in [6.45, 7) is 0.763. The van der Waals surface area contributed by atoms with E-state index in [0.29, 0.717) is 44.5 Å². The Morgan fingerprint density at radius 3 is 2.49 bits per heavy atom. The molecule has 1 aromatic heterocycles. The van der Waals surface area contributed by atoms with Crippen LogP contribution in [0.3, 0.4) is 0 Å². The maximum atomic E-state index is 13.3. The first-order valence-corrected chi connectivity index (χ1v) is 13.0. The van der Waals surface area contributed by atoms with Crippen molar-refractivity contribution in [1.82, 2.24) is 25.5 Å². The number of benzene rings is 1. The van der Waals surface area contributed by atoms with Crippen molar-refractivity contribution in [1.29, 1.82) is 0 Å². The fraction of sp³-hybridized carbons (Fsp3) is 0.500. The molecular formula is C26H37N7O6. The van der Waals surface area contributed by atoms with Crippen molar-refractivity contribution in [2.75, 3.05) is 13.1 Å². The Kier molecular flexibility index (Phi) is 10.8. The number of carboxylic acid groups (broad SMARTS) is 1. The molecule has 3 amide bonds. The second-order valence-corrected chi connectivity index (χ2v) is 9.69. The smallest absolute Gasteiger partial charge is 0.326 e. The number of unbranched alkanes of at least 4 members (excludes halogenated alkanes) is 1. The van der Waals surface area contributed by atoms with E-state index in [9.17, 15) is 29.4 Å². The summed E-state index contributed by atoms with van der Waals surface area (Å²) < 4.78 is 0. The van der Waals surface area contributed by atoms with E-state index in [-0.39, 0.29) is 30.9 Å². The van der Waals surface area contributed by atoms with Crippen molar-refractivity contribution in [3.05, 3.63) is 48.0 Å². The number of hydrogen-bond donors (Lipinski definition) is 7. The minimum absolute atomic E-state index is 0.00559. The number of H-pyrrole nitrogens is 1. The molecule has 9 N–H and O–H groups in total. The first kappa shape index (κ1) is 29.6. The molecular weight excluding hydrogens is 506 g/mol. The van der Waals surface area contributed by atoms with Gasteiger partial charge in [-0.15, -0.1) is 0 Å². The van der Waals surface area contributed by atoms with Gasteiger partial charge in [0.15, 0.2) is 0 Å². The molecule has 0 spiro atoms. The summed E-state index contributed by atoms with van der Waals surface area (Å²) >= 11 is 0. The molecule has 0 saturated carbocycles. The highest BCUT2D eigenvalue weighted by Crippen LogP contribution is 2.20. The lowest BCUT2D eigenvalue weighted by molar-refractivity contribution is -0.143. The second-order valence-electron chi connectivity index (χ2n) is 9.69. The zero-order chi connectivity index (χ0) is 28.4. The van der Waals surface area contributed by atoms with Gasteiger partial charge in [0.25, 0.3) is 0 Å². The van der Waals surface area contributed by atoms with E-state index < -0.39 is 42.0 Å². The van der Waals surface area contributed by atoms with Crippen LogP contribution in [0.15, 0.2) is 36.8 Å². The first-order chi connectivity index (χ1) is 18.7. The molecule has 3 rings (SSSR count). The van der Waals surface area contributed by atoms with Crippen molar-refractivity contribution >= 4 is 23.7 Å². The van der Waals surface area contributed by atoms with Gasteiger partial charge in [0.05, 0.1) is 12.4 Å². The lowest BCUT2D eigenvalue weighted by Gasteiger charge is -2.28. The van der Waals surface area contributed by atoms with Crippen molar-refractivity contribution in [3.8, 4) is 5.75 Å². The quantitative estimate of drug-likeness (QED) is 0.151. The number of carbonyl (C=O) groups excluding carboxylic acids is 3. The fourth-order valence-corrected chi connectivity index (χ4v) is 4.61. The zero-order valence-electron chi connectivity index (χ0n) is 21.7. The predicted molar refractivity (Wildman–Crippen MR) is 141 cm³/mol. The molecule has 0 bridgehead atoms. The summed E-state index contributed by atoms with van der Waals surface area (Å²) in [5.41, 5.74) is 13.1. The van der Waals surface area contributed by atoms with E-state index in [0.717, 1.165) is 5.56 Å². The Balaban J connectivity index is 1.65. The van der Waals surface area contributed by atoms with E-state index in [1.165, 1.54) is 29.6 Å². The summed E-state index contributed by atoms with van der Waals surface area (Å²) in [5, 5.41) is 24.3. The molecule has 2 aromatic rings. The molecule has 13 heteroatoms. The van der Waals surface area contributed by atoms with Gasteiger partial charge in [-0.1, -0.05) is 12.1 Å². The Bertz CT molecular complexity index is 1110. The van der Waals surface area contributed by atoms with Crippen LogP contribution in [0.2, 0.25) is 0 Å². The largest absolute Gasteiger partial charge is 0.508 e. The average molecular weight is 544 g/mol. The highest BCUT2D eigenvalue weighted by molar-refractivity contribution is 5.94. The summed E-state index contributed by atoms with van der Waals surface area (Å²) in [6, 6.07) is 2.47. The van der Waals surface area contributed by atoms with Crippen LogP contribution in [0.4, 0.5) is 0 Å². The number of hydrogen-bond acceptors (Lipinski definition) is 8. The van der Waals surface area contributed by atoms with Gasteiger partial charge in [-0.3, -0.25) is 14.4 Å².